The molecule has 5 nitrogen and oxygen atoms in total. The van der Waals surface area contributed by atoms with E-state index in [4.69, 9.17) is 9.68 Å². The highest BCUT2D eigenvalue weighted by atomic mass is 16.5. The van der Waals surface area contributed by atoms with E-state index >= 15 is 0 Å². The molecular weight excluding hydrogens is 206 g/mol. The van der Waals surface area contributed by atoms with Gasteiger partial charge in [0.2, 0.25) is 12.1 Å². The molecule has 0 amide bonds. The first kappa shape index (κ1) is 9.93. The van der Waals surface area contributed by atoms with Crippen molar-refractivity contribution in [3.05, 3.63) is 36.0 Å². The summed E-state index contributed by atoms with van der Waals surface area (Å²) in [6.07, 6.45) is 2.71. The van der Waals surface area contributed by atoms with Gasteiger partial charge in [0.05, 0.1) is 6.21 Å². The minimum absolute atomic E-state index is 0.139. The van der Waals surface area contributed by atoms with Crippen molar-refractivity contribution in [3.63, 3.8) is 0 Å². The van der Waals surface area contributed by atoms with Gasteiger partial charge >= 0.3 is 5.95 Å². The average molecular weight is 213 g/mol. The lowest BCUT2D eigenvalue weighted by molar-refractivity contribution is 0.337. The zero-order valence-corrected chi connectivity index (χ0v) is 8.16. The zero-order chi connectivity index (χ0) is 11.4. The molecular formula is C11H7N3O2. The highest BCUT2D eigenvalue weighted by molar-refractivity contribution is 5.81. The van der Waals surface area contributed by atoms with Crippen LogP contribution in [0.25, 0.3) is 11.5 Å². The molecule has 0 saturated heterocycles. The number of benzene rings is 1. The van der Waals surface area contributed by atoms with Crippen LogP contribution in [-0.4, -0.2) is 16.3 Å². The van der Waals surface area contributed by atoms with E-state index in [0.29, 0.717) is 0 Å². The molecule has 0 radical (unpaired) electrons. The Balaban J connectivity index is 2.39. The minimum Gasteiger partial charge on any atom is -0.479 e. The topological polar surface area (TPSA) is 82.4 Å². The second kappa shape index (κ2) is 4.28. The number of hydrogen-bond donors (Lipinski definition) is 1. The molecule has 1 heterocycles. The second-order valence-electron chi connectivity index (χ2n) is 2.93. The van der Waals surface area contributed by atoms with E-state index < -0.39 is 0 Å². The van der Waals surface area contributed by atoms with Gasteiger partial charge in [-0.1, -0.05) is 18.2 Å². The van der Waals surface area contributed by atoms with E-state index in [-0.39, 0.29) is 17.5 Å². The summed E-state index contributed by atoms with van der Waals surface area (Å²) in [6, 6.07) is 9.14. The fourth-order valence-electron chi connectivity index (χ4n) is 1.20. The number of nitrogens with zero attached hydrogens (tertiary/aromatic N) is 3. The molecule has 2 aromatic rings. The van der Waals surface area contributed by atoms with Gasteiger partial charge in [0.25, 0.3) is 0 Å². The Morgan fingerprint density at radius 3 is 2.81 bits per heavy atom. The second-order valence-corrected chi connectivity index (χ2v) is 2.93. The first-order chi connectivity index (χ1) is 7.81. The van der Waals surface area contributed by atoms with Crippen LogP contribution in [0.1, 0.15) is 5.69 Å². The molecule has 0 atom stereocenters. The SMILES string of the molecule is N#CN=Cc1nc(-c2ccccc2)oc1O. The molecule has 0 bridgehead atoms. The highest BCUT2D eigenvalue weighted by Gasteiger charge is 2.11. The Morgan fingerprint density at radius 2 is 2.12 bits per heavy atom. The van der Waals surface area contributed by atoms with E-state index in [9.17, 15) is 5.11 Å². The Bertz CT molecular complexity index is 552. The Labute approximate surface area is 91.3 Å². The summed E-state index contributed by atoms with van der Waals surface area (Å²) in [5.74, 6) is -0.0599. The predicted octanol–water partition coefficient (Wildman–Crippen LogP) is 1.95. The van der Waals surface area contributed by atoms with Crippen LogP contribution in [-0.2, 0) is 0 Å². The lowest BCUT2D eigenvalue weighted by Gasteiger charge is -1.91. The Hall–Kier alpha value is -2.61. The van der Waals surface area contributed by atoms with Gasteiger partial charge in [-0.3, -0.25) is 0 Å². The number of oxazole rings is 1. The normalized spacial score (nSPS) is 10.4. The first-order valence-corrected chi connectivity index (χ1v) is 4.48. The summed E-state index contributed by atoms with van der Waals surface area (Å²) in [4.78, 5) is 7.31. The smallest absolute Gasteiger partial charge is 0.312 e. The van der Waals surface area contributed by atoms with Gasteiger partial charge in [0.1, 0.15) is 0 Å². The maximum Gasteiger partial charge on any atom is 0.312 e. The van der Waals surface area contributed by atoms with Crippen LogP contribution in [0.4, 0.5) is 0 Å². The highest BCUT2D eigenvalue weighted by Crippen LogP contribution is 2.24. The zero-order valence-electron chi connectivity index (χ0n) is 8.16. The van der Waals surface area contributed by atoms with Crippen LogP contribution >= 0.6 is 0 Å². The van der Waals surface area contributed by atoms with Crippen LogP contribution in [0.3, 0.4) is 0 Å². The summed E-state index contributed by atoms with van der Waals surface area (Å²) in [5, 5.41) is 17.6. The predicted molar refractivity (Wildman–Crippen MR) is 56.8 cm³/mol. The van der Waals surface area contributed by atoms with E-state index in [2.05, 4.69) is 9.98 Å². The summed E-state index contributed by atoms with van der Waals surface area (Å²) < 4.78 is 5.04. The number of hydrogen-bond acceptors (Lipinski definition) is 5. The van der Waals surface area contributed by atoms with E-state index in [0.717, 1.165) is 11.8 Å². The minimum atomic E-state index is -0.349. The number of nitriles is 1. The Morgan fingerprint density at radius 1 is 1.38 bits per heavy atom. The van der Waals surface area contributed by atoms with Crippen LogP contribution in [0.15, 0.2) is 39.7 Å². The summed E-state index contributed by atoms with van der Waals surface area (Å²) in [5.41, 5.74) is 0.884. The van der Waals surface area contributed by atoms with Crippen molar-refractivity contribution in [2.24, 2.45) is 4.99 Å². The summed E-state index contributed by atoms with van der Waals surface area (Å²) in [7, 11) is 0. The molecule has 0 fully saturated rings. The van der Waals surface area contributed by atoms with Crippen LogP contribution in [0, 0.1) is 11.5 Å². The van der Waals surface area contributed by atoms with Crippen molar-refractivity contribution in [3.8, 4) is 23.6 Å². The summed E-state index contributed by atoms with van der Waals surface area (Å²) in [6.45, 7) is 0. The third-order valence-corrected chi connectivity index (χ3v) is 1.90. The number of rotatable bonds is 2. The molecule has 0 saturated carbocycles. The molecule has 2 rings (SSSR count). The van der Waals surface area contributed by atoms with Gasteiger partial charge in [0, 0.05) is 5.56 Å². The molecule has 78 valence electrons. The van der Waals surface area contributed by atoms with Gasteiger partial charge in [-0.2, -0.15) is 10.3 Å². The third kappa shape index (κ3) is 1.91. The quantitative estimate of drug-likeness (QED) is 0.610. The molecule has 0 aliphatic heterocycles. The molecule has 16 heavy (non-hydrogen) atoms. The fourth-order valence-corrected chi connectivity index (χ4v) is 1.20. The van der Waals surface area contributed by atoms with Crippen molar-refractivity contribution >= 4 is 6.21 Å². The number of aromatic nitrogens is 1. The lowest BCUT2D eigenvalue weighted by Crippen LogP contribution is -1.81. The maximum absolute atomic E-state index is 9.39. The number of aliphatic imine (C=N–C) groups is 1. The molecule has 0 aliphatic carbocycles. The molecule has 1 aromatic carbocycles. The molecule has 0 aliphatic rings. The van der Waals surface area contributed by atoms with Gasteiger partial charge in [-0.25, -0.2) is 4.98 Å². The molecule has 1 aromatic heterocycles. The van der Waals surface area contributed by atoms with Gasteiger partial charge in [-0.15, -0.1) is 0 Å². The number of aromatic hydroxyl groups is 1. The largest absolute Gasteiger partial charge is 0.479 e. The fraction of sp³-hybridized carbons (Fsp3) is 0. The monoisotopic (exact) mass is 213 g/mol. The standard InChI is InChI=1S/C11H7N3O2/c12-7-13-6-9-11(15)16-10(14-9)8-4-2-1-3-5-8/h1-6,15H. The van der Waals surface area contributed by atoms with Crippen LogP contribution in [0.5, 0.6) is 5.95 Å². The third-order valence-electron chi connectivity index (χ3n) is 1.90. The lowest BCUT2D eigenvalue weighted by atomic mass is 10.2. The molecule has 5 heteroatoms. The molecule has 1 N–H and O–H groups in total. The summed E-state index contributed by atoms with van der Waals surface area (Å²) >= 11 is 0. The van der Waals surface area contributed by atoms with Gasteiger partial charge in [0.15, 0.2) is 5.69 Å². The van der Waals surface area contributed by atoms with E-state index in [1.165, 1.54) is 0 Å². The van der Waals surface area contributed by atoms with Crippen molar-refractivity contribution in [1.82, 2.24) is 4.98 Å². The average Bonchev–Trinajstić information content (AvgIpc) is 2.69. The van der Waals surface area contributed by atoms with Crippen molar-refractivity contribution in [1.29, 1.82) is 5.26 Å². The van der Waals surface area contributed by atoms with E-state index in [1.54, 1.807) is 18.3 Å². The van der Waals surface area contributed by atoms with Crippen LogP contribution in [0.2, 0.25) is 0 Å². The van der Waals surface area contributed by atoms with Crippen molar-refractivity contribution in [2.45, 2.75) is 0 Å². The van der Waals surface area contributed by atoms with Crippen molar-refractivity contribution < 1.29 is 9.52 Å². The maximum atomic E-state index is 9.39. The van der Waals surface area contributed by atoms with E-state index in [1.807, 2.05) is 18.2 Å². The molecule has 0 spiro atoms. The Kier molecular flexibility index (Phi) is 2.65. The van der Waals surface area contributed by atoms with Gasteiger partial charge in [-0.05, 0) is 12.1 Å². The van der Waals surface area contributed by atoms with Crippen LogP contribution < -0.4 is 0 Å². The first-order valence-electron chi connectivity index (χ1n) is 4.48. The van der Waals surface area contributed by atoms with Crippen molar-refractivity contribution in [2.75, 3.05) is 0 Å². The van der Waals surface area contributed by atoms with Gasteiger partial charge < -0.3 is 9.52 Å². The molecule has 0 unspecified atom stereocenters.